The van der Waals surface area contributed by atoms with Crippen LogP contribution in [0.3, 0.4) is 0 Å². The highest BCUT2D eigenvalue weighted by Crippen LogP contribution is 2.13. The third-order valence-electron chi connectivity index (χ3n) is 2.25. The molecule has 1 aromatic carbocycles. The quantitative estimate of drug-likeness (QED) is 0.577. The predicted octanol–water partition coefficient (Wildman–Crippen LogP) is 2.12. The fourth-order valence-electron chi connectivity index (χ4n) is 1.34. The first kappa shape index (κ1) is 13.7. The van der Waals surface area contributed by atoms with E-state index in [0.717, 1.165) is 10.6 Å². The van der Waals surface area contributed by atoms with E-state index in [-0.39, 0.29) is 5.91 Å². The number of carbonyl (C=O) groups excluding carboxylic acids is 1. The molecule has 0 aromatic heterocycles. The summed E-state index contributed by atoms with van der Waals surface area (Å²) in [4.78, 5) is 11.3. The Morgan fingerprint density at radius 1 is 1.41 bits per heavy atom. The summed E-state index contributed by atoms with van der Waals surface area (Å²) < 4.78 is 0. The molecule has 0 unspecified atom stereocenters. The summed E-state index contributed by atoms with van der Waals surface area (Å²) >= 11 is 6.00. The molecule has 0 spiro atoms. The lowest BCUT2D eigenvalue weighted by atomic mass is 10.2. The van der Waals surface area contributed by atoms with Gasteiger partial charge in [-0.2, -0.15) is 0 Å². The van der Waals surface area contributed by atoms with Crippen molar-refractivity contribution in [1.82, 2.24) is 10.6 Å². The van der Waals surface area contributed by atoms with Gasteiger partial charge in [0.25, 0.3) is 0 Å². The van der Waals surface area contributed by atoms with E-state index in [1.165, 1.54) is 0 Å². The van der Waals surface area contributed by atoms with Gasteiger partial charge < -0.3 is 10.6 Å². The fraction of sp³-hybridized carbons (Fsp3) is 0.308. The maximum Gasteiger partial charge on any atom is 0.221 e. The Morgan fingerprint density at radius 2 is 2.18 bits per heavy atom. The maximum absolute atomic E-state index is 11.3. The zero-order valence-electron chi connectivity index (χ0n) is 9.71. The van der Waals surface area contributed by atoms with Crippen LogP contribution in [-0.4, -0.2) is 19.0 Å². The van der Waals surface area contributed by atoms with Crippen LogP contribution in [0.4, 0.5) is 0 Å². The highest BCUT2D eigenvalue weighted by atomic mass is 35.5. The Labute approximate surface area is 107 Å². The van der Waals surface area contributed by atoms with E-state index in [9.17, 15) is 4.79 Å². The van der Waals surface area contributed by atoms with Gasteiger partial charge >= 0.3 is 0 Å². The van der Waals surface area contributed by atoms with Crippen LogP contribution in [0.5, 0.6) is 0 Å². The van der Waals surface area contributed by atoms with E-state index in [1.54, 1.807) is 6.08 Å². The molecular formula is C13H17ClN2O. The Hall–Kier alpha value is -1.32. The number of hydrogen-bond donors (Lipinski definition) is 2. The van der Waals surface area contributed by atoms with Crippen molar-refractivity contribution in [1.29, 1.82) is 0 Å². The SMILES string of the molecule is C=CCNC(=O)CCNCc1ccccc1Cl. The highest BCUT2D eigenvalue weighted by Gasteiger charge is 2.00. The Balaban J connectivity index is 2.18. The van der Waals surface area contributed by atoms with Gasteiger partial charge in [0, 0.05) is 31.1 Å². The number of rotatable bonds is 7. The normalized spacial score (nSPS) is 9.94. The number of carbonyl (C=O) groups is 1. The van der Waals surface area contributed by atoms with Crippen LogP contribution in [0, 0.1) is 0 Å². The van der Waals surface area contributed by atoms with Crippen molar-refractivity contribution in [2.24, 2.45) is 0 Å². The largest absolute Gasteiger partial charge is 0.353 e. The molecule has 0 fully saturated rings. The van der Waals surface area contributed by atoms with E-state index in [2.05, 4.69) is 17.2 Å². The lowest BCUT2D eigenvalue weighted by Gasteiger charge is -2.06. The van der Waals surface area contributed by atoms with Gasteiger partial charge in [-0.1, -0.05) is 35.9 Å². The second-order valence-electron chi connectivity index (χ2n) is 3.61. The summed E-state index contributed by atoms with van der Waals surface area (Å²) in [5, 5.41) is 6.64. The van der Waals surface area contributed by atoms with Gasteiger partial charge in [0.2, 0.25) is 5.91 Å². The number of benzene rings is 1. The number of amides is 1. The standard InChI is InChI=1S/C13H17ClN2O/c1-2-8-16-13(17)7-9-15-10-11-5-3-4-6-12(11)14/h2-6,15H,1,7-10H2,(H,16,17). The van der Waals surface area contributed by atoms with Gasteiger partial charge in [0.15, 0.2) is 0 Å². The number of nitrogens with one attached hydrogen (secondary N) is 2. The summed E-state index contributed by atoms with van der Waals surface area (Å²) in [6.07, 6.45) is 2.12. The van der Waals surface area contributed by atoms with Crippen LogP contribution in [-0.2, 0) is 11.3 Å². The van der Waals surface area contributed by atoms with Crippen LogP contribution in [0.2, 0.25) is 5.02 Å². The van der Waals surface area contributed by atoms with E-state index in [4.69, 9.17) is 11.6 Å². The van der Waals surface area contributed by atoms with Crippen molar-refractivity contribution >= 4 is 17.5 Å². The minimum atomic E-state index is 0.0246. The summed E-state index contributed by atoms with van der Waals surface area (Å²) in [5.41, 5.74) is 1.04. The van der Waals surface area contributed by atoms with Crippen LogP contribution >= 0.6 is 11.6 Å². The van der Waals surface area contributed by atoms with Gasteiger partial charge in [0.05, 0.1) is 0 Å². The Bertz CT molecular complexity index is 379. The topological polar surface area (TPSA) is 41.1 Å². The molecule has 0 aliphatic rings. The molecule has 2 N–H and O–H groups in total. The van der Waals surface area contributed by atoms with Crippen LogP contribution in [0.25, 0.3) is 0 Å². The van der Waals surface area contributed by atoms with Gasteiger partial charge in [-0.15, -0.1) is 6.58 Å². The van der Waals surface area contributed by atoms with Crippen molar-refractivity contribution < 1.29 is 4.79 Å². The second kappa shape index (κ2) is 7.87. The number of hydrogen-bond acceptors (Lipinski definition) is 2. The first-order chi connectivity index (χ1) is 8.24. The average Bonchev–Trinajstić information content (AvgIpc) is 2.34. The van der Waals surface area contributed by atoms with Gasteiger partial charge in [-0.3, -0.25) is 4.79 Å². The zero-order chi connectivity index (χ0) is 12.5. The van der Waals surface area contributed by atoms with E-state index >= 15 is 0 Å². The van der Waals surface area contributed by atoms with Crippen LogP contribution in [0.1, 0.15) is 12.0 Å². The summed E-state index contributed by atoms with van der Waals surface area (Å²) in [7, 11) is 0. The molecule has 4 heteroatoms. The van der Waals surface area contributed by atoms with Crippen LogP contribution < -0.4 is 10.6 Å². The summed E-state index contributed by atoms with van der Waals surface area (Å²) in [6, 6.07) is 7.66. The summed E-state index contributed by atoms with van der Waals surface area (Å²) in [5.74, 6) is 0.0246. The minimum Gasteiger partial charge on any atom is -0.353 e. The summed E-state index contributed by atoms with van der Waals surface area (Å²) in [6.45, 7) is 5.36. The maximum atomic E-state index is 11.3. The lowest BCUT2D eigenvalue weighted by molar-refractivity contribution is -0.120. The van der Waals surface area contributed by atoms with Crippen molar-refractivity contribution in [2.45, 2.75) is 13.0 Å². The molecule has 92 valence electrons. The van der Waals surface area contributed by atoms with E-state index < -0.39 is 0 Å². The van der Waals surface area contributed by atoms with Crippen molar-refractivity contribution in [2.75, 3.05) is 13.1 Å². The molecule has 0 aliphatic heterocycles. The zero-order valence-corrected chi connectivity index (χ0v) is 10.5. The first-order valence-corrected chi connectivity index (χ1v) is 5.93. The van der Waals surface area contributed by atoms with Crippen molar-refractivity contribution in [3.05, 3.63) is 47.5 Å². The van der Waals surface area contributed by atoms with Gasteiger partial charge in [-0.25, -0.2) is 0 Å². The third-order valence-corrected chi connectivity index (χ3v) is 2.61. The lowest BCUT2D eigenvalue weighted by Crippen LogP contribution is -2.27. The molecular weight excluding hydrogens is 236 g/mol. The van der Waals surface area contributed by atoms with Gasteiger partial charge in [0.1, 0.15) is 0 Å². The second-order valence-corrected chi connectivity index (χ2v) is 4.02. The molecule has 0 radical (unpaired) electrons. The first-order valence-electron chi connectivity index (χ1n) is 5.55. The van der Waals surface area contributed by atoms with Crippen molar-refractivity contribution in [3.8, 4) is 0 Å². The molecule has 3 nitrogen and oxygen atoms in total. The Morgan fingerprint density at radius 3 is 2.88 bits per heavy atom. The number of halogens is 1. The van der Waals surface area contributed by atoms with Gasteiger partial charge in [-0.05, 0) is 11.6 Å². The monoisotopic (exact) mass is 252 g/mol. The van der Waals surface area contributed by atoms with E-state index in [1.807, 2.05) is 24.3 Å². The highest BCUT2D eigenvalue weighted by molar-refractivity contribution is 6.31. The molecule has 17 heavy (non-hydrogen) atoms. The third kappa shape index (κ3) is 5.52. The molecule has 0 heterocycles. The van der Waals surface area contributed by atoms with E-state index in [0.29, 0.717) is 26.1 Å². The fourth-order valence-corrected chi connectivity index (χ4v) is 1.54. The molecule has 0 saturated carbocycles. The Kier molecular flexibility index (Phi) is 6.37. The molecule has 0 aliphatic carbocycles. The van der Waals surface area contributed by atoms with Crippen molar-refractivity contribution in [3.63, 3.8) is 0 Å². The molecule has 1 amide bonds. The predicted molar refractivity (Wildman–Crippen MR) is 71.0 cm³/mol. The molecule has 1 rings (SSSR count). The molecule has 0 atom stereocenters. The smallest absolute Gasteiger partial charge is 0.221 e. The minimum absolute atomic E-state index is 0.0246. The average molecular weight is 253 g/mol. The molecule has 0 bridgehead atoms. The molecule has 1 aromatic rings. The molecule has 0 saturated heterocycles. The van der Waals surface area contributed by atoms with Crippen LogP contribution in [0.15, 0.2) is 36.9 Å².